The molecular formula is C44H22N4O3S4. The number of benzene rings is 2. The van der Waals surface area contributed by atoms with Gasteiger partial charge < -0.3 is 4.74 Å². The van der Waals surface area contributed by atoms with Gasteiger partial charge in [-0.1, -0.05) is 55.0 Å². The van der Waals surface area contributed by atoms with Crippen molar-refractivity contribution >= 4 is 99.0 Å². The first-order valence-electron chi connectivity index (χ1n) is 17.5. The Balaban J connectivity index is 1.10. The second-order valence-electron chi connectivity index (χ2n) is 13.7. The van der Waals surface area contributed by atoms with Gasteiger partial charge in [-0.05, 0) is 61.1 Å². The molecule has 5 heterocycles. The molecule has 0 amide bonds. The SMILES string of the molecule is [C-]#[N+]/C(C#N)=C1\C(=C\c2cc3sc4c(c3s2)OC2(CCCCC2)c2c-4sc3cc(/C=C4\C(=O)c5ccccc5\C4=C(\C#N)[N+]#[C-])sc23)C(=O)c2ccccc21. The van der Waals surface area contributed by atoms with Crippen molar-refractivity contribution in [2.24, 2.45) is 0 Å². The fourth-order valence-electron chi connectivity index (χ4n) is 8.42. The molecule has 55 heavy (non-hydrogen) atoms. The van der Waals surface area contributed by atoms with Crippen LogP contribution in [-0.4, -0.2) is 11.6 Å². The number of Topliss-reactive ketones (excluding diaryl/α,β-unsaturated/α-hetero) is 2. The third-order valence-corrected chi connectivity index (χ3v) is 15.6. The van der Waals surface area contributed by atoms with Crippen molar-refractivity contribution in [1.29, 1.82) is 10.5 Å². The number of nitrogens with zero attached hydrogens (tertiary/aromatic N) is 4. The van der Waals surface area contributed by atoms with Gasteiger partial charge >= 0.3 is 0 Å². The number of hydrogen-bond donors (Lipinski definition) is 0. The van der Waals surface area contributed by atoms with Gasteiger partial charge in [-0.15, -0.1) is 45.3 Å². The van der Waals surface area contributed by atoms with Crippen LogP contribution in [-0.2, 0) is 5.60 Å². The van der Waals surface area contributed by atoms with Crippen LogP contribution in [0.25, 0.3) is 61.5 Å². The van der Waals surface area contributed by atoms with Crippen LogP contribution in [0.5, 0.6) is 5.75 Å². The van der Waals surface area contributed by atoms with E-state index in [0.29, 0.717) is 44.5 Å². The average Bonchev–Trinajstić information content (AvgIpc) is 4.04. The number of allylic oxidation sites excluding steroid dienone is 6. The predicted molar refractivity (Wildman–Crippen MR) is 220 cm³/mol. The topological polar surface area (TPSA) is 99.7 Å². The number of fused-ring (bicyclic) bond motifs is 10. The molecule has 7 nitrogen and oxygen atoms in total. The van der Waals surface area contributed by atoms with Crippen LogP contribution < -0.4 is 4.74 Å². The molecule has 11 heteroatoms. The van der Waals surface area contributed by atoms with Gasteiger partial charge in [-0.3, -0.25) is 9.59 Å². The van der Waals surface area contributed by atoms with Gasteiger partial charge in [0.15, 0.2) is 17.3 Å². The third kappa shape index (κ3) is 4.79. The summed E-state index contributed by atoms with van der Waals surface area (Å²) in [6.45, 7) is 15.3. The van der Waals surface area contributed by atoms with Crippen molar-refractivity contribution in [3.8, 4) is 27.6 Å². The van der Waals surface area contributed by atoms with Crippen LogP contribution in [0, 0.1) is 35.8 Å². The van der Waals surface area contributed by atoms with E-state index in [2.05, 4.69) is 21.8 Å². The minimum atomic E-state index is -0.510. The van der Waals surface area contributed by atoms with E-state index >= 15 is 0 Å². The molecule has 1 spiro atoms. The molecular weight excluding hydrogens is 761 g/mol. The van der Waals surface area contributed by atoms with E-state index in [0.717, 1.165) is 71.3 Å². The standard InChI is InChI=1S/C44H22N4O3S4/c1-47-30(20-45)34-24-10-4-6-12-26(24)37(49)28(34)16-22-18-32-40(52-22)36-42(54-32)43-39(51-44(36)14-8-3-9-15-44)41-33(55-43)19-23(53-41)17-29-35(31(21-46)48-2)25-11-5-7-13-27(25)38(29)50/h4-7,10-13,16-19H,3,8-9,14-15H2/b28-16-,29-17-,34-30+,35-31-. The Morgan fingerprint density at radius 2 is 1.18 bits per heavy atom. The fraction of sp³-hybridized carbons (Fsp3) is 0.136. The predicted octanol–water partition coefficient (Wildman–Crippen LogP) is 12.3. The molecule has 0 bridgehead atoms. The van der Waals surface area contributed by atoms with E-state index in [4.69, 9.17) is 17.9 Å². The van der Waals surface area contributed by atoms with Gasteiger partial charge in [0.05, 0.1) is 49.1 Å². The molecule has 260 valence electrons. The molecule has 0 atom stereocenters. The van der Waals surface area contributed by atoms with Crippen molar-refractivity contribution in [3.63, 3.8) is 0 Å². The molecule has 2 aromatic carbocycles. The van der Waals surface area contributed by atoms with Crippen molar-refractivity contribution in [3.05, 3.63) is 144 Å². The normalized spacial score (nSPS) is 19.7. The van der Waals surface area contributed by atoms with Crippen molar-refractivity contribution < 1.29 is 14.3 Å². The van der Waals surface area contributed by atoms with Crippen LogP contribution >= 0.6 is 45.3 Å². The Morgan fingerprint density at radius 3 is 1.71 bits per heavy atom. The van der Waals surface area contributed by atoms with Gasteiger partial charge in [0.1, 0.15) is 5.60 Å². The second kappa shape index (κ2) is 12.4. The number of rotatable bonds is 2. The average molecular weight is 783 g/mol. The molecule has 0 unspecified atom stereocenters. The Morgan fingerprint density at radius 1 is 0.691 bits per heavy atom. The molecule has 1 fully saturated rings. The zero-order chi connectivity index (χ0) is 37.6. The number of hydrogen-bond acceptors (Lipinski definition) is 9. The molecule has 1 saturated carbocycles. The van der Waals surface area contributed by atoms with Crippen LogP contribution in [0.1, 0.15) is 79.3 Å². The van der Waals surface area contributed by atoms with Gasteiger partial charge in [0.25, 0.3) is 11.4 Å². The maximum absolute atomic E-state index is 13.7. The van der Waals surface area contributed by atoms with Crippen molar-refractivity contribution in [1.82, 2.24) is 0 Å². The van der Waals surface area contributed by atoms with Crippen molar-refractivity contribution in [2.75, 3.05) is 0 Å². The summed E-state index contributed by atoms with van der Waals surface area (Å²) < 4.78 is 11.6. The first kappa shape index (κ1) is 33.4. The molecule has 0 saturated heterocycles. The number of ketones is 2. The molecule has 6 aromatic rings. The minimum Gasteiger partial charge on any atom is -0.479 e. The summed E-state index contributed by atoms with van der Waals surface area (Å²) >= 11 is 6.60. The third-order valence-electron chi connectivity index (χ3n) is 10.7. The summed E-state index contributed by atoms with van der Waals surface area (Å²) in [6.07, 6.45) is 8.64. The lowest BCUT2D eigenvalue weighted by Crippen LogP contribution is -2.37. The number of carbonyl (C=O) groups is 2. The summed E-state index contributed by atoms with van der Waals surface area (Å²) in [5.74, 6) is 0.503. The van der Waals surface area contributed by atoms with E-state index in [1.165, 1.54) is 10.4 Å². The first-order valence-corrected chi connectivity index (χ1v) is 20.7. The fourth-order valence-corrected chi connectivity index (χ4v) is 13.8. The van der Waals surface area contributed by atoms with Crippen LogP contribution in [0.15, 0.2) is 83.2 Å². The molecule has 3 aliphatic carbocycles. The van der Waals surface area contributed by atoms with E-state index in [1.54, 1.807) is 81.7 Å². The summed E-state index contributed by atoms with van der Waals surface area (Å²) in [6, 6.07) is 22.5. The molecule has 10 rings (SSSR count). The molecule has 1 aliphatic heterocycles. The second-order valence-corrected chi connectivity index (χ2v) is 17.9. The maximum atomic E-state index is 13.7. The summed E-state index contributed by atoms with van der Waals surface area (Å²) in [5, 5.41) is 19.6. The molecule has 0 N–H and O–H groups in total. The van der Waals surface area contributed by atoms with E-state index in [1.807, 2.05) is 36.4 Å². The minimum absolute atomic E-state index is 0.0912. The van der Waals surface area contributed by atoms with Crippen LogP contribution in [0.4, 0.5) is 0 Å². The molecule has 4 aromatic heterocycles. The number of thiophene rings is 4. The van der Waals surface area contributed by atoms with Gasteiger partial charge in [-0.25, -0.2) is 20.2 Å². The lowest BCUT2D eigenvalue weighted by Gasteiger charge is -2.40. The van der Waals surface area contributed by atoms with Gasteiger partial charge in [0, 0.05) is 53.4 Å². The van der Waals surface area contributed by atoms with Crippen molar-refractivity contribution in [2.45, 2.75) is 37.7 Å². The maximum Gasteiger partial charge on any atom is 0.270 e. The first-order chi connectivity index (χ1) is 26.9. The van der Waals surface area contributed by atoms with E-state index in [9.17, 15) is 20.1 Å². The Labute approximate surface area is 330 Å². The highest BCUT2D eigenvalue weighted by atomic mass is 32.1. The zero-order valence-corrected chi connectivity index (χ0v) is 31.9. The summed E-state index contributed by atoms with van der Waals surface area (Å²) in [4.78, 5) is 38.3. The molecule has 0 radical (unpaired) electrons. The number of nitriles is 2. The lowest BCUT2D eigenvalue weighted by atomic mass is 9.78. The Kier molecular flexibility index (Phi) is 7.55. The highest BCUT2D eigenvalue weighted by Crippen LogP contribution is 2.63. The molecule has 4 aliphatic rings. The zero-order valence-electron chi connectivity index (χ0n) is 28.6. The lowest BCUT2D eigenvalue weighted by molar-refractivity contribution is 0.0282. The highest BCUT2D eigenvalue weighted by Gasteiger charge is 2.46. The van der Waals surface area contributed by atoms with Gasteiger partial charge in [0.2, 0.25) is 0 Å². The highest BCUT2D eigenvalue weighted by molar-refractivity contribution is 7.35. The monoisotopic (exact) mass is 782 g/mol. The van der Waals surface area contributed by atoms with Crippen LogP contribution in [0.3, 0.4) is 0 Å². The van der Waals surface area contributed by atoms with E-state index in [-0.39, 0.29) is 23.0 Å². The number of ether oxygens (including phenoxy) is 1. The van der Waals surface area contributed by atoms with Gasteiger partial charge in [-0.2, -0.15) is 0 Å². The quantitative estimate of drug-likeness (QED) is 0.0989. The summed E-state index contributed by atoms with van der Waals surface area (Å²) in [5.41, 5.74) is 4.26. The summed E-state index contributed by atoms with van der Waals surface area (Å²) in [7, 11) is 0. The largest absolute Gasteiger partial charge is 0.479 e. The van der Waals surface area contributed by atoms with Crippen LogP contribution in [0.2, 0.25) is 0 Å². The smallest absolute Gasteiger partial charge is 0.270 e. The number of carbonyl (C=O) groups excluding carboxylic acids is 2. The van der Waals surface area contributed by atoms with E-state index < -0.39 is 5.60 Å². The Bertz CT molecular complexity index is 3050. The Hall–Kier alpha value is -6.18.